The molecule has 1 heterocycles. The van der Waals surface area contributed by atoms with Crippen LogP contribution in [0.1, 0.15) is 20.8 Å². The van der Waals surface area contributed by atoms with Gasteiger partial charge in [-0.2, -0.15) is 0 Å². The summed E-state index contributed by atoms with van der Waals surface area (Å²) in [7, 11) is 0. The lowest BCUT2D eigenvalue weighted by Gasteiger charge is -2.19. The van der Waals surface area contributed by atoms with Crippen LogP contribution in [0.4, 0.5) is 4.79 Å². The molecule has 0 spiro atoms. The summed E-state index contributed by atoms with van der Waals surface area (Å²) in [6.45, 7) is 5.52. The first-order valence-electron chi connectivity index (χ1n) is 5.23. The summed E-state index contributed by atoms with van der Waals surface area (Å²) in [5, 5.41) is 0. The van der Waals surface area contributed by atoms with Crippen LogP contribution in [0.2, 0.25) is 0 Å². The minimum atomic E-state index is -0.504. The third-order valence-electron chi connectivity index (χ3n) is 2.10. The third kappa shape index (κ3) is 2.77. The summed E-state index contributed by atoms with van der Waals surface area (Å²) in [4.78, 5) is 16.1. The molecule has 0 radical (unpaired) electrons. The van der Waals surface area contributed by atoms with E-state index in [1.165, 1.54) is 10.9 Å². The van der Waals surface area contributed by atoms with Gasteiger partial charge in [-0.1, -0.05) is 0 Å². The lowest BCUT2D eigenvalue weighted by atomic mass is 10.2. The van der Waals surface area contributed by atoms with Crippen molar-refractivity contribution in [2.75, 3.05) is 0 Å². The molecule has 0 aliphatic carbocycles. The van der Waals surface area contributed by atoms with Gasteiger partial charge >= 0.3 is 6.09 Å². The number of aromatic nitrogens is 2. The number of carbonyl (C=O) groups excluding carboxylic acids is 1. The quantitative estimate of drug-likeness (QED) is 0.688. The molecule has 0 atom stereocenters. The van der Waals surface area contributed by atoms with Crippen LogP contribution >= 0.6 is 22.6 Å². The van der Waals surface area contributed by atoms with Gasteiger partial charge in [0, 0.05) is 3.57 Å². The molecule has 2 aromatic rings. The molecule has 1 aromatic carbocycles. The maximum absolute atomic E-state index is 11.9. The number of fused-ring (bicyclic) bond motifs is 1. The molecular formula is C12H13IN2O2. The zero-order chi connectivity index (χ0) is 12.6. The molecule has 0 saturated carbocycles. The molecule has 90 valence electrons. The zero-order valence-electron chi connectivity index (χ0n) is 9.90. The van der Waals surface area contributed by atoms with Crippen molar-refractivity contribution in [3.8, 4) is 0 Å². The Morgan fingerprint density at radius 3 is 2.76 bits per heavy atom. The molecule has 0 bridgehead atoms. The second kappa shape index (κ2) is 4.29. The van der Waals surface area contributed by atoms with Crippen LogP contribution in [0.15, 0.2) is 24.5 Å². The number of ether oxygens (including phenoxy) is 1. The summed E-state index contributed by atoms with van der Waals surface area (Å²) in [5.41, 5.74) is 1.05. The topological polar surface area (TPSA) is 44.1 Å². The van der Waals surface area contributed by atoms with Crippen molar-refractivity contribution in [1.82, 2.24) is 9.55 Å². The van der Waals surface area contributed by atoms with Gasteiger partial charge in [0.25, 0.3) is 0 Å². The standard InChI is InChI=1S/C12H13IN2O2/c1-12(2,3)17-11(16)15-7-14-9-5-4-8(13)6-10(9)15/h4-7H,1-3H3. The predicted octanol–water partition coefficient (Wildman–Crippen LogP) is 3.42. The number of rotatable bonds is 0. The molecule has 17 heavy (non-hydrogen) atoms. The summed E-state index contributed by atoms with van der Waals surface area (Å²) in [6, 6.07) is 5.75. The Morgan fingerprint density at radius 1 is 1.41 bits per heavy atom. The van der Waals surface area contributed by atoms with E-state index in [4.69, 9.17) is 4.74 Å². The SMILES string of the molecule is CC(C)(C)OC(=O)n1cnc2ccc(I)cc21. The van der Waals surface area contributed by atoms with E-state index in [0.29, 0.717) is 0 Å². The maximum Gasteiger partial charge on any atom is 0.420 e. The fourth-order valence-electron chi connectivity index (χ4n) is 1.44. The number of benzene rings is 1. The van der Waals surface area contributed by atoms with Crippen molar-refractivity contribution in [2.24, 2.45) is 0 Å². The highest BCUT2D eigenvalue weighted by Gasteiger charge is 2.19. The van der Waals surface area contributed by atoms with Gasteiger partial charge in [0.1, 0.15) is 11.9 Å². The van der Waals surface area contributed by atoms with Crippen LogP contribution < -0.4 is 0 Å². The number of hydrogen-bond acceptors (Lipinski definition) is 3. The molecule has 0 amide bonds. The summed E-state index contributed by atoms with van der Waals surface area (Å²) in [5.74, 6) is 0. The monoisotopic (exact) mass is 344 g/mol. The van der Waals surface area contributed by atoms with Crippen molar-refractivity contribution < 1.29 is 9.53 Å². The summed E-state index contributed by atoms with van der Waals surface area (Å²) < 4.78 is 7.80. The minimum absolute atomic E-state index is 0.401. The summed E-state index contributed by atoms with van der Waals surface area (Å²) in [6.07, 6.45) is 1.09. The molecule has 0 aliphatic rings. The first kappa shape index (κ1) is 12.3. The Morgan fingerprint density at radius 2 is 2.12 bits per heavy atom. The fraction of sp³-hybridized carbons (Fsp3) is 0.333. The highest BCUT2D eigenvalue weighted by Crippen LogP contribution is 2.18. The molecule has 2 rings (SSSR count). The first-order valence-corrected chi connectivity index (χ1v) is 6.31. The van der Waals surface area contributed by atoms with Crippen LogP contribution in [-0.2, 0) is 4.74 Å². The number of imidazole rings is 1. The Balaban J connectivity index is 2.42. The van der Waals surface area contributed by atoms with Gasteiger partial charge in [-0.25, -0.2) is 14.3 Å². The average molecular weight is 344 g/mol. The highest BCUT2D eigenvalue weighted by molar-refractivity contribution is 14.1. The molecule has 0 fully saturated rings. The van der Waals surface area contributed by atoms with Gasteiger partial charge in [0.15, 0.2) is 0 Å². The lowest BCUT2D eigenvalue weighted by Crippen LogP contribution is -2.26. The van der Waals surface area contributed by atoms with E-state index in [0.717, 1.165) is 14.6 Å². The Bertz CT molecular complexity index is 569. The van der Waals surface area contributed by atoms with Gasteiger partial charge in [0.2, 0.25) is 0 Å². The molecule has 0 aliphatic heterocycles. The molecule has 1 aromatic heterocycles. The largest absolute Gasteiger partial charge is 0.443 e. The number of hydrogen-bond donors (Lipinski definition) is 0. The molecule has 0 N–H and O–H groups in total. The maximum atomic E-state index is 11.9. The van der Waals surface area contributed by atoms with E-state index in [1.807, 2.05) is 39.0 Å². The van der Waals surface area contributed by atoms with Crippen molar-refractivity contribution >= 4 is 39.7 Å². The fourth-order valence-corrected chi connectivity index (χ4v) is 1.91. The van der Waals surface area contributed by atoms with Gasteiger partial charge in [-0.05, 0) is 61.6 Å². The molecule has 0 unspecified atom stereocenters. The van der Waals surface area contributed by atoms with Gasteiger partial charge < -0.3 is 4.74 Å². The highest BCUT2D eigenvalue weighted by atomic mass is 127. The van der Waals surface area contributed by atoms with Gasteiger partial charge in [-0.3, -0.25) is 0 Å². The van der Waals surface area contributed by atoms with E-state index in [9.17, 15) is 4.79 Å². The molecule has 0 saturated heterocycles. The average Bonchev–Trinajstić information content (AvgIpc) is 2.57. The van der Waals surface area contributed by atoms with E-state index in [2.05, 4.69) is 27.6 Å². The molecular weight excluding hydrogens is 331 g/mol. The van der Waals surface area contributed by atoms with Crippen LogP contribution in [0.25, 0.3) is 11.0 Å². The second-order valence-corrected chi connectivity index (χ2v) is 5.97. The van der Waals surface area contributed by atoms with E-state index in [-0.39, 0.29) is 0 Å². The van der Waals surface area contributed by atoms with Crippen molar-refractivity contribution in [2.45, 2.75) is 26.4 Å². The van der Waals surface area contributed by atoms with E-state index >= 15 is 0 Å². The van der Waals surface area contributed by atoms with E-state index < -0.39 is 11.7 Å². The lowest BCUT2D eigenvalue weighted by molar-refractivity contribution is 0.0543. The smallest absolute Gasteiger partial charge is 0.420 e. The third-order valence-corrected chi connectivity index (χ3v) is 2.77. The number of carbonyl (C=O) groups is 1. The summed E-state index contributed by atoms with van der Waals surface area (Å²) >= 11 is 2.20. The van der Waals surface area contributed by atoms with Crippen LogP contribution in [-0.4, -0.2) is 21.2 Å². The normalized spacial score (nSPS) is 11.8. The van der Waals surface area contributed by atoms with E-state index in [1.54, 1.807) is 0 Å². The Kier molecular flexibility index (Phi) is 3.11. The van der Waals surface area contributed by atoms with Crippen molar-refractivity contribution in [3.63, 3.8) is 0 Å². The number of halogens is 1. The Labute approximate surface area is 113 Å². The Hall–Kier alpha value is -1.11. The van der Waals surface area contributed by atoms with Crippen molar-refractivity contribution in [1.29, 1.82) is 0 Å². The number of nitrogens with zero attached hydrogens (tertiary/aromatic N) is 2. The first-order chi connectivity index (χ1) is 7.87. The molecule has 5 heteroatoms. The minimum Gasteiger partial charge on any atom is -0.443 e. The predicted molar refractivity (Wildman–Crippen MR) is 74.1 cm³/mol. The molecule has 4 nitrogen and oxygen atoms in total. The van der Waals surface area contributed by atoms with Crippen LogP contribution in [0.5, 0.6) is 0 Å². The van der Waals surface area contributed by atoms with Gasteiger partial charge in [-0.15, -0.1) is 0 Å². The second-order valence-electron chi connectivity index (χ2n) is 4.73. The van der Waals surface area contributed by atoms with Gasteiger partial charge in [0.05, 0.1) is 11.0 Å². The zero-order valence-corrected chi connectivity index (χ0v) is 12.1. The van der Waals surface area contributed by atoms with Crippen molar-refractivity contribution in [3.05, 3.63) is 28.1 Å². The van der Waals surface area contributed by atoms with Crippen LogP contribution in [0.3, 0.4) is 0 Å². The van der Waals surface area contributed by atoms with Crippen LogP contribution in [0, 0.1) is 3.57 Å².